The smallest absolute Gasteiger partial charge is 0.0494 e. The van der Waals surface area contributed by atoms with Crippen molar-refractivity contribution >= 4 is 32.6 Å². The maximum absolute atomic E-state index is 3.73. The van der Waals surface area contributed by atoms with Crippen LogP contribution in [-0.2, 0) is 6.54 Å². The standard InChI is InChI=1S/C31H35N3/c1-4-34-30-16-8-7-14-28(30)29-18-17-25(21-31(29)34)22(2)32-19-10-20-33-23(3)26-15-9-12-24-11-5-6-13-27(24)26/h5-9,11-18,21-23,32-33H,4,10,19-20H2,1-3H3/t22-,23-/m1/s1. The molecule has 0 fully saturated rings. The first kappa shape index (κ1) is 22.6. The quantitative estimate of drug-likeness (QED) is 0.230. The number of aryl methyl sites for hydroxylation is 1. The number of nitrogens with one attached hydrogen (secondary N) is 2. The fourth-order valence-corrected chi connectivity index (χ4v) is 5.26. The van der Waals surface area contributed by atoms with Crippen molar-refractivity contribution in [2.24, 2.45) is 0 Å². The molecule has 0 aliphatic heterocycles. The predicted octanol–water partition coefficient (Wildman–Crippen LogP) is 7.36. The first-order valence-corrected chi connectivity index (χ1v) is 12.6. The molecule has 0 aliphatic carbocycles. The van der Waals surface area contributed by atoms with Gasteiger partial charge in [-0.05, 0) is 74.3 Å². The molecule has 2 atom stereocenters. The summed E-state index contributed by atoms with van der Waals surface area (Å²) in [5.74, 6) is 0. The molecule has 0 aliphatic rings. The Morgan fingerprint density at radius 3 is 2.18 bits per heavy atom. The van der Waals surface area contributed by atoms with Crippen molar-refractivity contribution in [1.82, 2.24) is 15.2 Å². The van der Waals surface area contributed by atoms with E-state index in [0.29, 0.717) is 12.1 Å². The van der Waals surface area contributed by atoms with Crippen LogP contribution in [0, 0.1) is 0 Å². The number of para-hydroxylation sites is 1. The van der Waals surface area contributed by atoms with Crippen molar-refractivity contribution in [3.8, 4) is 0 Å². The monoisotopic (exact) mass is 449 g/mol. The summed E-state index contributed by atoms with van der Waals surface area (Å²) in [5.41, 5.74) is 5.38. The Hall–Kier alpha value is -3.14. The van der Waals surface area contributed by atoms with Crippen LogP contribution in [0.5, 0.6) is 0 Å². The average molecular weight is 450 g/mol. The Balaban J connectivity index is 1.19. The molecule has 0 spiro atoms. The van der Waals surface area contributed by atoms with E-state index >= 15 is 0 Å². The molecule has 3 nitrogen and oxygen atoms in total. The Morgan fingerprint density at radius 1 is 0.676 bits per heavy atom. The zero-order chi connectivity index (χ0) is 23.5. The molecule has 0 unspecified atom stereocenters. The van der Waals surface area contributed by atoms with Gasteiger partial charge < -0.3 is 15.2 Å². The van der Waals surface area contributed by atoms with Gasteiger partial charge in [-0.2, -0.15) is 0 Å². The number of nitrogens with zero attached hydrogens (tertiary/aromatic N) is 1. The van der Waals surface area contributed by atoms with E-state index in [0.717, 1.165) is 26.1 Å². The normalized spacial score (nSPS) is 13.6. The highest BCUT2D eigenvalue weighted by Crippen LogP contribution is 2.31. The van der Waals surface area contributed by atoms with Crippen LogP contribution in [0.4, 0.5) is 0 Å². The van der Waals surface area contributed by atoms with Crippen molar-refractivity contribution < 1.29 is 0 Å². The van der Waals surface area contributed by atoms with Crippen LogP contribution in [-0.4, -0.2) is 17.7 Å². The summed E-state index contributed by atoms with van der Waals surface area (Å²) in [6.45, 7) is 9.73. The molecule has 4 aromatic carbocycles. The summed E-state index contributed by atoms with van der Waals surface area (Å²) >= 11 is 0. The fourth-order valence-electron chi connectivity index (χ4n) is 5.26. The topological polar surface area (TPSA) is 29.0 Å². The molecule has 0 radical (unpaired) electrons. The molecule has 3 heteroatoms. The van der Waals surface area contributed by atoms with Gasteiger partial charge in [0.05, 0.1) is 0 Å². The van der Waals surface area contributed by atoms with Crippen LogP contribution in [0.3, 0.4) is 0 Å². The number of benzene rings is 4. The summed E-state index contributed by atoms with van der Waals surface area (Å²) in [6, 6.07) is 31.6. The summed E-state index contributed by atoms with van der Waals surface area (Å²) in [6.07, 6.45) is 1.09. The molecule has 0 amide bonds. The van der Waals surface area contributed by atoms with Crippen molar-refractivity contribution in [2.75, 3.05) is 13.1 Å². The second-order valence-electron chi connectivity index (χ2n) is 9.31. The molecular formula is C31H35N3. The minimum atomic E-state index is 0.322. The van der Waals surface area contributed by atoms with Gasteiger partial charge >= 0.3 is 0 Å². The van der Waals surface area contributed by atoms with Crippen molar-refractivity contribution in [3.63, 3.8) is 0 Å². The van der Waals surface area contributed by atoms with E-state index in [1.807, 2.05) is 0 Å². The largest absolute Gasteiger partial charge is 0.341 e. The molecule has 174 valence electrons. The van der Waals surface area contributed by atoms with Gasteiger partial charge in [0, 0.05) is 40.4 Å². The molecule has 0 bridgehead atoms. The summed E-state index contributed by atoms with van der Waals surface area (Å²) in [7, 11) is 0. The molecule has 5 aromatic rings. The van der Waals surface area contributed by atoms with Gasteiger partial charge in [-0.15, -0.1) is 0 Å². The van der Waals surface area contributed by atoms with E-state index in [1.54, 1.807) is 0 Å². The van der Waals surface area contributed by atoms with Gasteiger partial charge in [-0.1, -0.05) is 72.8 Å². The number of aromatic nitrogens is 1. The average Bonchev–Trinajstić information content (AvgIpc) is 3.20. The summed E-state index contributed by atoms with van der Waals surface area (Å²) in [5, 5.41) is 12.8. The van der Waals surface area contributed by atoms with Crippen LogP contribution >= 0.6 is 0 Å². The molecule has 5 rings (SSSR count). The van der Waals surface area contributed by atoms with Crippen molar-refractivity contribution in [3.05, 3.63) is 96.1 Å². The highest BCUT2D eigenvalue weighted by Gasteiger charge is 2.12. The van der Waals surface area contributed by atoms with Crippen LogP contribution < -0.4 is 10.6 Å². The minimum absolute atomic E-state index is 0.322. The first-order chi connectivity index (χ1) is 16.7. The fraction of sp³-hybridized carbons (Fsp3) is 0.290. The maximum Gasteiger partial charge on any atom is 0.0494 e. The lowest BCUT2D eigenvalue weighted by molar-refractivity contribution is 0.512. The van der Waals surface area contributed by atoms with Crippen LogP contribution in [0.1, 0.15) is 50.4 Å². The lowest BCUT2D eigenvalue weighted by atomic mass is 10.00. The van der Waals surface area contributed by atoms with Gasteiger partial charge in [0.15, 0.2) is 0 Å². The van der Waals surface area contributed by atoms with Crippen LogP contribution in [0.2, 0.25) is 0 Å². The minimum Gasteiger partial charge on any atom is -0.341 e. The van der Waals surface area contributed by atoms with Gasteiger partial charge in [-0.25, -0.2) is 0 Å². The third kappa shape index (κ3) is 4.34. The Kier molecular flexibility index (Phi) is 6.66. The Labute approximate surface area is 202 Å². The van der Waals surface area contributed by atoms with E-state index in [9.17, 15) is 0 Å². The number of hydrogen-bond donors (Lipinski definition) is 2. The van der Waals surface area contributed by atoms with E-state index in [4.69, 9.17) is 0 Å². The van der Waals surface area contributed by atoms with Gasteiger partial charge in [0.1, 0.15) is 0 Å². The zero-order valence-corrected chi connectivity index (χ0v) is 20.5. The highest BCUT2D eigenvalue weighted by atomic mass is 15.0. The number of fused-ring (bicyclic) bond motifs is 4. The molecule has 1 heterocycles. The molecule has 0 saturated carbocycles. The molecule has 2 N–H and O–H groups in total. The third-order valence-corrected chi connectivity index (χ3v) is 7.16. The molecule has 0 saturated heterocycles. The van der Waals surface area contributed by atoms with Crippen LogP contribution in [0.15, 0.2) is 84.9 Å². The second kappa shape index (κ2) is 10.0. The Bertz CT molecular complexity index is 1410. The number of rotatable bonds is 9. The van der Waals surface area contributed by atoms with E-state index < -0.39 is 0 Å². The molecule has 1 aromatic heterocycles. The lowest BCUT2D eigenvalue weighted by Gasteiger charge is -2.18. The third-order valence-electron chi connectivity index (χ3n) is 7.16. The SMILES string of the molecule is CCn1c2ccccc2c2ccc([C@@H](C)NCCCN[C@H](C)c3cccc4ccccc34)cc21. The van der Waals surface area contributed by atoms with E-state index in [-0.39, 0.29) is 0 Å². The second-order valence-corrected chi connectivity index (χ2v) is 9.31. The predicted molar refractivity (Wildman–Crippen MR) is 147 cm³/mol. The number of hydrogen-bond acceptors (Lipinski definition) is 2. The van der Waals surface area contributed by atoms with Gasteiger partial charge in [0.25, 0.3) is 0 Å². The van der Waals surface area contributed by atoms with Crippen molar-refractivity contribution in [2.45, 2.75) is 45.8 Å². The Morgan fingerprint density at radius 2 is 1.35 bits per heavy atom. The van der Waals surface area contributed by atoms with Gasteiger partial charge in [0.2, 0.25) is 0 Å². The summed E-state index contributed by atoms with van der Waals surface area (Å²) < 4.78 is 2.43. The van der Waals surface area contributed by atoms with Crippen LogP contribution in [0.25, 0.3) is 32.6 Å². The molecule has 34 heavy (non-hydrogen) atoms. The molecular weight excluding hydrogens is 414 g/mol. The van der Waals surface area contributed by atoms with E-state index in [1.165, 1.54) is 43.7 Å². The van der Waals surface area contributed by atoms with E-state index in [2.05, 4.69) is 121 Å². The van der Waals surface area contributed by atoms with Gasteiger partial charge in [-0.3, -0.25) is 0 Å². The highest BCUT2D eigenvalue weighted by molar-refractivity contribution is 6.08. The zero-order valence-electron chi connectivity index (χ0n) is 20.5. The van der Waals surface area contributed by atoms with Crippen molar-refractivity contribution in [1.29, 1.82) is 0 Å². The lowest BCUT2D eigenvalue weighted by Crippen LogP contribution is -2.26. The first-order valence-electron chi connectivity index (χ1n) is 12.6. The summed E-state index contributed by atoms with van der Waals surface area (Å²) in [4.78, 5) is 0. The maximum atomic E-state index is 3.73.